The number of ether oxygens (including phenoxy) is 1. The average molecular weight is 425 g/mol. The molecule has 1 N–H and O–H groups in total. The van der Waals surface area contributed by atoms with Gasteiger partial charge >= 0.3 is 6.09 Å². The molecule has 2 fully saturated rings. The molecular weight excluding hydrogens is 388 g/mol. The first-order valence-corrected chi connectivity index (χ1v) is 13.3. The van der Waals surface area contributed by atoms with Crippen LogP contribution < -0.4 is 5.32 Å². The Morgan fingerprint density at radius 1 is 1.38 bits per heavy atom. The number of likely N-dealkylation sites (tertiary alicyclic amines) is 1. The molecule has 29 heavy (non-hydrogen) atoms. The minimum absolute atomic E-state index is 0.0462. The van der Waals surface area contributed by atoms with E-state index in [4.69, 9.17) is 9.16 Å². The fourth-order valence-electron chi connectivity index (χ4n) is 3.68. The Morgan fingerprint density at radius 3 is 2.59 bits per heavy atom. The summed E-state index contributed by atoms with van der Waals surface area (Å²) in [7, 11) is -2.00. The van der Waals surface area contributed by atoms with Gasteiger partial charge in [0.1, 0.15) is 12.4 Å². The third-order valence-corrected chi connectivity index (χ3v) is 11.1. The van der Waals surface area contributed by atoms with E-state index in [9.17, 15) is 14.4 Å². The van der Waals surface area contributed by atoms with Crippen LogP contribution in [0.1, 0.15) is 40.5 Å². The first kappa shape index (κ1) is 23.6. The summed E-state index contributed by atoms with van der Waals surface area (Å²) in [4.78, 5) is 38.5. The molecule has 8 heteroatoms. The van der Waals surface area contributed by atoms with Gasteiger partial charge in [-0.15, -0.1) is 0 Å². The predicted octanol–water partition coefficient (Wildman–Crippen LogP) is 3.12. The lowest BCUT2D eigenvalue weighted by Gasteiger charge is -2.45. The third kappa shape index (κ3) is 5.48. The number of carbonyl (C=O) groups is 3. The maximum atomic E-state index is 12.8. The van der Waals surface area contributed by atoms with Crippen LogP contribution in [0, 0.1) is 11.8 Å². The predicted molar refractivity (Wildman–Crippen MR) is 114 cm³/mol. The summed E-state index contributed by atoms with van der Waals surface area (Å²) in [5.41, 5.74) is 0. The van der Waals surface area contributed by atoms with Crippen molar-refractivity contribution in [3.8, 4) is 0 Å². The molecule has 0 aromatic rings. The zero-order valence-corrected chi connectivity index (χ0v) is 19.6. The molecule has 0 spiro atoms. The highest BCUT2D eigenvalue weighted by atomic mass is 28.4. The number of ketones is 1. The molecule has 2 saturated heterocycles. The Bertz CT molecular complexity index is 658. The zero-order valence-electron chi connectivity index (χ0n) is 18.6. The second-order valence-electron chi connectivity index (χ2n) is 9.69. The van der Waals surface area contributed by atoms with Gasteiger partial charge in [0.15, 0.2) is 8.32 Å². The lowest BCUT2D eigenvalue weighted by molar-refractivity contribution is -0.141. The number of amides is 2. The molecule has 0 saturated carbocycles. The summed E-state index contributed by atoms with van der Waals surface area (Å²) in [5, 5.41) is 2.93. The SMILES string of the molecule is C=CCOC(=O)N1CC[C@H](C(=O)C[C@H]2NC(=O)[C@@H]2[C@@H](C)O[Si](C)(C)C(C)(C)C)C1. The highest BCUT2D eigenvalue weighted by molar-refractivity contribution is 6.74. The van der Waals surface area contributed by atoms with Crippen LogP contribution >= 0.6 is 0 Å². The van der Waals surface area contributed by atoms with Crippen LogP contribution in [0.5, 0.6) is 0 Å². The van der Waals surface area contributed by atoms with Gasteiger partial charge in [-0.3, -0.25) is 9.59 Å². The lowest BCUT2D eigenvalue weighted by Crippen LogP contribution is -2.64. The van der Waals surface area contributed by atoms with Crippen LogP contribution in [-0.2, 0) is 18.8 Å². The van der Waals surface area contributed by atoms with Gasteiger partial charge in [-0.05, 0) is 31.5 Å². The van der Waals surface area contributed by atoms with Crippen molar-refractivity contribution in [3.05, 3.63) is 12.7 Å². The van der Waals surface area contributed by atoms with Gasteiger partial charge in [-0.1, -0.05) is 33.4 Å². The van der Waals surface area contributed by atoms with Crippen molar-refractivity contribution in [2.75, 3.05) is 19.7 Å². The van der Waals surface area contributed by atoms with E-state index in [-0.39, 0.29) is 53.7 Å². The highest BCUT2D eigenvalue weighted by Crippen LogP contribution is 2.39. The van der Waals surface area contributed by atoms with Crippen LogP contribution in [0.25, 0.3) is 0 Å². The number of nitrogens with zero attached hydrogens (tertiary/aromatic N) is 1. The number of carbonyl (C=O) groups excluding carboxylic acids is 3. The Hall–Kier alpha value is -1.67. The largest absolute Gasteiger partial charge is 0.445 e. The number of hydrogen-bond donors (Lipinski definition) is 1. The van der Waals surface area contributed by atoms with E-state index in [1.807, 2.05) is 6.92 Å². The van der Waals surface area contributed by atoms with E-state index in [0.29, 0.717) is 19.5 Å². The third-order valence-electron chi connectivity index (χ3n) is 6.50. The summed E-state index contributed by atoms with van der Waals surface area (Å²) < 4.78 is 11.4. The van der Waals surface area contributed by atoms with Crippen molar-refractivity contribution >= 4 is 26.1 Å². The molecule has 7 nitrogen and oxygen atoms in total. The Kier molecular flexibility index (Phi) is 7.32. The zero-order chi connectivity index (χ0) is 22.0. The molecule has 2 aliphatic rings. The molecule has 0 aliphatic carbocycles. The average Bonchev–Trinajstić information content (AvgIpc) is 3.07. The fourth-order valence-corrected chi connectivity index (χ4v) is 5.11. The van der Waals surface area contributed by atoms with Crippen LogP contribution in [0.15, 0.2) is 12.7 Å². The smallest absolute Gasteiger partial charge is 0.410 e. The van der Waals surface area contributed by atoms with Gasteiger partial charge in [-0.2, -0.15) is 0 Å². The molecular formula is C21H36N2O5Si. The van der Waals surface area contributed by atoms with Crippen molar-refractivity contribution in [2.45, 2.75) is 70.8 Å². The van der Waals surface area contributed by atoms with Gasteiger partial charge in [-0.25, -0.2) is 4.79 Å². The van der Waals surface area contributed by atoms with E-state index in [1.165, 1.54) is 6.08 Å². The second-order valence-corrected chi connectivity index (χ2v) is 14.4. The van der Waals surface area contributed by atoms with Gasteiger partial charge in [0.25, 0.3) is 0 Å². The number of hydrogen-bond acceptors (Lipinski definition) is 5. The summed E-state index contributed by atoms with van der Waals surface area (Å²) in [6.07, 6.45) is 1.79. The van der Waals surface area contributed by atoms with Crippen LogP contribution in [-0.4, -0.2) is 62.8 Å². The topological polar surface area (TPSA) is 84.9 Å². The maximum Gasteiger partial charge on any atom is 0.410 e. The van der Waals surface area contributed by atoms with E-state index in [2.05, 4.69) is 45.8 Å². The number of rotatable bonds is 8. The van der Waals surface area contributed by atoms with Gasteiger partial charge in [0, 0.05) is 31.5 Å². The first-order valence-electron chi connectivity index (χ1n) is 10.4. The normalized spacial score (nSPS) is 25.8. The fraction of sp³-hybridized carbons (Fsp3) is 0.762. The van der Waals surface area contributed by atoms with Gasteiger partial charge in [0.2, 0.25) is 5.91 Å². The van der Waals surface area contributed by atoms with E-state index < -0.39 is 14.4 Å². The maximum absolute atomic E-state index is 12.8. The van der Waals surface area contributed by atoms with E-state index >= 15 is 0 Å². The first-order chi connectivity index (χ1) is 13.4. The van der Waals surface area contributed by atoms with Crippen molar-refractivity contribution < 1.29 is 23.5 Å². The number of β-lactam (4-membered cyclic amide) rings is 1. The van der Waals surface area contributed by atoms with Crippen molar-refractivity contribution in [3.63, 3.8) is 0 Å². The molecule has 0 aromatic carbocycles. The Labute approximate surface area is 175 Å². The second kappa shape index (κ2) is 9.00. The number of Topliss-reactive ketones (excluding diaryl/α,β-unsaturated/α-hetero) is 1. The molecule has 2 heterocycles. The molecule has 0 unspecified atom stereocenters. The highest BCUT2D eigenvalue weighted by Gasteiger charge is 2.48. The molecule has 2 amide bonds. The Balaban J connectivity index is 1.90. The van der Waals surface area contributed by atoms with Gasteiger partial charge < -0.3 is 19.4 Å². The monoisotopic (exact) mass is 424 g/mol. The van der Waals surface area contributed by atoms with Crippen LogP contribution in [0.3, 0.4) is 0 Å². The summed E-state index contributed by atoms with van der Waals surface area (Å²) in [6.45, 7) is 17.3. The van der Waals surface area contributed by atoms with E-state index in [0.717, 1.165) is 0 Å². The minimum Gasteiger partial charge on any atom is -0.445 e. The van der Waals surface area contributed by atoms with Crippen molar-refractivity contribution in [2.24, 2.45) is 11.8 Å². The Morgan fingerprint density at radius 2 is 2.03 bits per heavy atom. The molecule has 0 aromatic heterocycles. The summed E-state index contributed by atoms with van der Waals surface area (Å²) in [5.74, 6) is -0.474. The van der Waals surface area contributed by atoms with Crippen LogP contribution in [0.2, 0.25) is 18.1 Å². The van der Waals surface area contributed by atoms with Crippen molar-refractivity contribution in [1.29, 1.82) is 0 Å². The standard InChI is InChI=1S/C21H36N2O5Si/c1-8-11-27-20(26)23-10-9-15(13-23)17(24)12-16-18(19(25)22-16)14(2)28-29(6,7)21(3,4)5/h8,14-16,18H,1,9-13H2,2-7H3,(H,22,25)/t14-,15+,16-,18-/m1/s1. The summed E-state index contributed by atoms with van der Waals surface area (Å²) in [6, 6.07) is -0.198. The molecule has 2 rings (SSSR count). The molecule has 2 aliphatic heterocycles. The lowest BCUT2D eigenvalue weighted by atomic mass is 9.81. The molecule has 4 atom stereocenters. The van der Waals surface area contributed by atoms with Gasteiger partial charge in [0.05, 0.1) is 12.0 Å². The van der Waals surface area contributed by atoms with Crippen LogP contribution in [0.4, 0.5) is 4.79 Å². The molecule has 0 radical (unpaired) electrons. The number of nitrogens with one attached hydrogen (secondary N) is 1. The molecule has 0 bridgehead atoms. The van der Waals surface area contributed by atoms with Crippen molar-refractivity contribution in [1.82, 2.24) is 10.2 Å². The van der Waals surface area contributed by atoms with E-state index in [1.54, 1.807) is 4.90 Å². The minimum atomic E-state index is -2.00. The summed E-state index contributed by atoms with van der Waals surface area (Å²) >= 11 is 0. The quantitative estimate of drug-likeness (QED) is 0.368. The molecule has 164 valence electrons.